The van der Waals surface area contributed by atoms with Gasteiger partial charge in [0, 0.05) is 12.6 Å². The molecule has 1 fully saturated rings. The minimum absolute atomic E-state index is 0.0570. The molecule has 1 aliphatic rings. The standard InChI is InChI=1S/C11H16N2O2S/c12-11(9-6-7-9)8-13-16(14,15)10-4-2-1-3-5-10/h1-5,9,11,13H,6-8,12H2. The van der Waals surface area contributed by atoms with Gasteiger partial charge in [-0.05, 0) is 30.9 Å². The van der Waals surface area contributed by atoms with Crippen molar-refractivity contribution in [1.82, 2.24) is 4.72 Å². The van der Waals surface area contributed by atoms with E-state index in [1.807, 2.05) is 0 Å². The van der Waals surface area contributed by atoms with Gasteiger partial charge >= 0.3 is 0 Å². The van der Waals surface area contributed by atoms with Crippen LogP contribution in [0.5, 0.6) is 0 Å². The molecule has 5 heteroatoms. The van der Waals surface area contributed by atoms with Crippen molar-refractivity contribution in [3.8, 4) is 0 Å². The average molecular weight is 240 g/mol. The first-order chi connectivity index (χ1) is 7.59. The maximum Gasteiger partial charge on any atom is 0.240 e. The van der Waals surface area contributed by atoms with Crippen LogP contribution in [-0.4, -0.2) is 21.0 Å². The van der Waals surface area contributed by atoms with Crippen LogP contribution in [0.2, 0.25) is 0 Å². The summed E-state index contributed by atoms with van der Waals surface area (Å²) in [7, 11) is -3.39. The Labute approximate surface area is 95.9 Å². The molecule has 88 valence electrons. The van der Waals surface area contributed by atoms with Crippen LogP contribution in [-0.2, 0) is 10.0 Å². The Balaban J connectivity index is 1.97. The summed E-state index contributed by atoms with van der Waals surface area (Å²) in [4.78, 5) is 0.290. The molecule has 0 bridgehead atoms. The van der Waals surface area contributed by atoms with Gasteiger partial charge in [-0.2, -0.15) is 0 Å². The molecule has 0 aromatic heterocycles. The van der Waals surface area contributed by atoms with E-state index < -0.39 is 10.0 Å². The number of benzene rings is 1. The van der Waals surface area contributed by atoms with Crippen LogP contribution in [0.25, 0.3) is 0 Å². The SMILES string of the molecule is NC(CNS(=O)(=O)c1ccccc1)C1CC1. The van der Waals surface area contributed by atoms with Gasteiger partial charge in [-0.1, -0.05) is 18.2 Å². The maximum atomic E-state index is 11.8. The second-order valence-corrected chi connectivity index (χ2v) is 5.93. The number of hydrogen-bond donors (Lipinski definition) is 2. The highest BCUT2D eigenvalue weighted by atomic mass is 32.2. The van der Waals surface area contributed by atoms with E-state index in [2.05, 4.69) is 4.72 Å². The molecule has 0 radical (unpaired) electrons. The summed E-state index contributed by atoms with van der Waals surface area (Å²) in [5.41, 5.74) is 5.84. The predicted molar refractivity (Wildman–Crippen MR) is 62.3 cm³/mol. The molecule has 3 N–H and O–H groups in total. The summed E-state index contributed by atoms with van der Waals surface area (Å²) in [6, 6.07) is 8.29. The Morgan fingerprint density at radius 3 is 2.50 bits per heavy atom. The van der Waals surface area contributed by atoms with Crippen LogP contribution >= 0.6 is 0 Å². The van der Waals surface area contributed by atoms with E-state index in [0.29, 0.717) is 12.5 Å². The van der Waals surface area contributed by atoms with Crippen molar-refractivity contribution in [1.29, 1.82) is 0 Å². The first-order valence-corrected chi connectivity index (χ1v) is 6.88. The summed E-state index contributed by atoms with van der Waals surface area (Å²) >= 11 is 0. The van der Waals surface area contributed by atoms with Crippen LogP contribution in [0.1, 0.15) is 12.8 Å². The van der Waals surface area contributed by atoms with Gasteiger partial charge in [-0.25, -0.2) is 13.1 Å². The second kappa shape index (κ2) is 4.53. The van der Waals surface area contributed by atoms with Gasteiger partial charge in [0.15, 0.2) is 0 Å². The third-order valence-corrected chi connectivity index (χ3v) is 4.23. The van der Waals surface area contributed by atoms with E-state index in [1.165, 1.54) is 0 Å². The summed E-state index contributed by atoms with van der Waals surface area (Å²) in [5, 5.41) is 0. The zero-order chi connectivity index (χ0) is 11.6. The van der Waals surface area contributed by atoms with Crippen molar-refractivity contribution < 1.29 is 8.42 Å². The van der Waals surface area contributed by atoms with Crippen molar-refractivity contribution in [2.24, 2.45) is 11.7 Å². The van der Waals surface area contributed by atoms with Gasteiger partial charge in [-0.3, -0.25) is 0 Å². The summed E-state index contributed by atoms with van der Waals surface area (Å²) < 4.78 is 26.2. The number of nitrogens with one attached hydrogen (secondary N) is 1. The van der Waals surface area contributed by atoms with Crippen molar-refractivity contribution in [3.63, 3.8) is 0 Å². The third-order valence-electron chi connectivity index (χ3n) is 2.79. The summed E-state index contributed by atoms with van der Waals surface area (Å²) in [6.07, 6.45) is 2.24. The van der Waals surface area contributed by atoms with Crippen molar-refractivity contribution in [2.45, 2.75) is 23.8 Å². The molecule has 2 rings (SSSR count). The quantitative estimate of drug-likeness (QED) is 0.796. The minimum Gasteiger partial charge on any atom is -0.326 e. The number of sulfonamides is 1. The Bertz CT molecular complexity index is 440. The highest BCUT2D eigenvalue weighted by Gasteiger charge is 2.29. The molecule has 0 amide bonds. The molecule has 0 saturated heterocycles. The fraction of sp³-hybridized carbons (Fsp3) is 0.455. The molecule has 4 nitrogen and oxygen atoms in total. The molecular formula is C11H16N2O2S. The van der Waals surface area contributed by atoms with Gasteiger partial charge in [0.25, 0.3) is 0 Å². The van der Waals surface area contributed by atoms with E-state index in [0.717, 1.165) is 12.8 Å². The van der Waals surface area contributed by atoms with Crippen LogP contribution < -0.4 is 10.5 Å². The first kappa shape index (κ1) is 11.6. The minimum atomic E-state index is -3.39. The van der Waals surface area contributed by atoms with Crippen LogP contribution in [0.15, 0.2) is 35.2 Å². The van der Waals surface area contributed by atoms with Crippen molar-refractivity contribution in [3.05, 3.63) is 30.3 Å². The van der Waals surface area contributed by atoms with Gasteiger partial charge in [0.2, 0.25) is 10.0 Å². The van der Waals surface area contributed by atoms with E-state index in [-0.39, 0.29) is 10.9 Å². The lowest BCUT2D eigenvalue weighted by Crippen LogP contribution is -2.38. The molecular weight excluding hydrogens is 224 g/mol. The molecule has 0 aliphatic heterocycles. The monoisotopic (exact) mass is 240 g/mol. The van der Waals surface area contributed by atoms with Crippen molar-refractivity contribution in [2.75, 3.05) is 6.54 Å². The number of hydrogen-bond acceptors (Lipinski definition) is 3. The normalized spacial score (nSPS) is 18.3. The fourth-order valence-electron chi connectivity index (χ4n) is 1.58. The largest absolute Gasteiger partial charge is 0.326 e. The molecule has 0 spiro atoms. The Morgan fingerprint density at radius 1 is 1.31 bits per heavy atom. The van der Waals surface area contributed by atoms with Gasteiger partial charge in [0.05, 0.1) is 4.90 Å². The molecule has 1 saturated carbocycles. The van der Waals surface area contributed by atoms with E-state index >= 15 is 0 Å². The van der Waals surface area contributed by atoms with Crippen molar-refractivity contribution >= 4 is 10.0 Å². The van der Waals surface area contributed by atoms with Crippen LogP contribution in [0, 0.1) is 5.92 Å². The lowest BCUT2D eigenvalue weighted by Gasteiger charge is -2.11. The molecule has 1 atom stereocenters. The van der Waals surface area contributed by atoms with Gasteiger partial charge in [0.1, 0.15) is 0 Å². The van der Waals surface area contributed by atoms with E-state index in [9.17, 15) is 8.42 Å². The highest BCUT2D eigenvalue weighted by molar-refractivity contribution is 7.89. The molecule has 1 aromatic rings. The molecule has 1 aliphatic carbocycles. The van der Waals surface area contributed by atoms with Gasteiger partial charge in [-0.15, -0.1) is 0 Å². The zero-order valence-electron chi connectivity index (χ0n) is 8.96. The number of nitrogens with two attached hydrogens (primary N) is 1. The molecule has 0 heterocycles. The number of rotatable bonds is 5. The Kier molecular flexibility index (Phi) is 3.28. The second-order valence-electron chi connectivity index (χ2n) is 4.17. The molecule has 1 aromatic carbocycles. The van der Waals surface area contributed by atoms with E-state index in [4.69, 9.17) is 5.73 Å². The predicted octanol–water partition coefficient (Wildman–Crippen LogP) is 0.702. The first-order valence-electron chi connectivity index (χ1n) is 5.40. The summed E-state index contributed by atoms with van der Waals surface area (Å²) in [5.74, 6) is 0.499. The topological polar surface area (TPSA) is 72.2 Å². The van der Waals surface area contributed by atoms with Crippen LogP contribution in [0.3, 0.4) is 0 Å². The average Bonchev–Trinajstić information content (AvgIpc) is 3.11. The fourth-order valence-corrected chi connectivity index (χ4v) is 2.67. The summed E-state index contributed by atoms with van der Waals surface area (Å²) in [6.45, 7) is 0.321. The maximum absolute atomic E-state index is 11.8. The third kappa shape index (κ3) is 2.81. The Morgan fingerprint density at radius 2 is 1.94 bits per heavy atom. The van der Waals surface area contributed by atoms with Crippen LogP contribution in [0.4, 0.5) is 0 Å². The lowest BCUT2D eigenvalue weighted by molar-refractivity contribution is 0.548. The molecule has 1 unspecified atom stereocenters. The van der Waals surface area contributed by atoms with E-state index in [1.54, 1.807) is 30.3 Å². The van der Waals surface area contributed by atoms with Gasteiger partial charge < -0.3 is 5.73 Å². The zero-order valence-corrected chi connectivity index (χ0v) is 9.78. The highest BCUT2D eigenvalue weighted by Crippen LogP contribution is 2.31. The smallest absolute Gasteiger partial charge is 0.240 e. The lowest BCUT2D eigenvalue weighted by atomic mass is 10.2. The molecule has 16 heavy (non-hydrogen) atoms. The Hall–Kier alpha value is -0.910.